The fourth-order valence-electron chi connectivity index (χ4n) is 3.94. The molecular weight excluding hydrogens is 366 g/mol. The van der Waals surface area contributed by atoms with E-state index in [4.69, 9.17) is 9.15 Å². The molecule has 1 saturated heterocycles. The van der Waals surface area contributed by atoms with Gasteiger partial charge in [-0.25, -0.2) is 9.78 Å². The number of ether oxygens (including phenoxy) is 1. The number of likely N-dealkylation sites (tertiary alicyclic amines) is 1. The van der Waals surface area contributed by atoms with Crippen molar-refractivity contribution in [3.05, 3.63) is 59.5 Å². The molecule has 1 N–H and O–H groups in total. The number of carbonyl (C=O) groups is 1. The maximum Gasteiger partial charge on any atom is 0.317 e. The average Bonchev–Trinajstić information content (AvgIpc) is 3.18. The van der Waals surface area contributed by atoms with E-state index in [9.17, 15) is 4.79 Å². The lowest BCUT2D eigenvalue weighted by Crippen LogP contribution is -2.44. The number of amides is 2. The number of fused-ring (bicyclic) bond motifs is 1. The third-order valence-corrected chi connectivity index (χ3v) is 5.63. The van der Waals surface area contributed by atoms with E-state index >= 15 is 0 Å². The Morgan fingerprint density at radius 3 is 2.72 bits per heavy atom. The van der Waals surface area contributed by atoms with Crippen molar-refractivity contribution in [1.82, 2.24) is 15.2 Å². The summed E-state index contributed by atoms with van der Waals surface area (Å²) in [5.74, 6) is 1.82. The summed E-state index contributed by atoms with van der Waals surface area (Å²) in [6.07, 6.45) is 1.70. The number of aromatic nitrogens is 1. The van der Waals surface area contributed by atoms with Gasteiger partial charge in [-0.3, -0.25) is 0 Å². The number of para-hydroxylation sites is 2. The Labute approximate surface area is 170 Å². The Balaban J connectivity index is 1.37. The predicted molar refractivity (Wildman–Crippen MR) is 112 cm³/mol. The van der Waals surface area contributed by atoms with Crippen molar-refractivity contribution in [1.29, 1.82) is 0 Å². The van der Waals surface area contributed by atoms with E-state index in [0.29, 0.717) is 13.1 Å². The van der Waals surface area contributed by atoms with Crippen LogP contribution in [0, 0.1) is 6.92 Å². The summed E-state index contributed by atoms with van der Waals surface area (Å²) < 4.78 is 11.4. The molecule has 0 spiro atoms. The van der Waals surface area contributed by atoms with Gasteiger partial charge in [0.1, 0.15) is 11.3 Å². The highest BCUT2D eigenvalue weighted by molar-refractivity contribution is 5.75. The van der Waals surface area contributed by atoms with Crippen LogP contribution < -0.4 is 10.1 Å². The highest BCUT2D eigenvalue weighted by atomic mass is 16.5. The lowest BCUT2D eigenvalue weighted by Gasteiger charge is -2.32. The van der Waals surface area contributed by atoms with Gasteiger partial charge in [-0.2, -0.15) is 0 Å². The molecule has 2 heterocycles. The average molecular weight is 393 g/mol. The normalized spacial score (nSPS) is 16.0. The standard InChI is InChI=1S/C23H27N3O3/c1-15-8-9-20(28-3)18(14-15)16(2)24-23(27)26-12-10-17(11-13-26)22-25-19-6-4-5-7-21(19)29-22/h4-9,14,16-17H,10-13H2,1-3H3,(H,24,27). The van der Waals surface area contributed by atoms with Crippen LogP contribution >= 0.6 is 0 Å². The molecule has 3 aromatic rings. The molecule has 2 amide bonds. The topological polar surface area (TPSA) is 67.6 Å². The summed E-state index contributed by atoms with van der Waals surface area (Å²) in [5.41, 5.74) is 3.84. The number of oxazole rings is 1. The quantitative estimate of drug-likeness (QED) is 0.692. The van der Waals surface area contributed by atoms with Crippen LogP contribution in [0.3, 0.4) is 0 Å². The van der Waals surface area contributed by atoms with Crippen molar-refractivity contribution < 1.29 is 13.9 Å². The number of urea groups is 1. The van der Waals surface area contributed by atoms with Gasteiger partial charge in [0.2, 0.25) is 0 Å². The number of hydrogen-bond donors (Lipinski definition) is 1. The fraction of sp³-hybridized carbons (Fsp3) is 0.391. The summed E-state index contributed by atoms with van der Waals surface area (Å²) in [6.45, 7) is 5.40. The number of hydrogen-bond acceptors (Lipinski definition) is 4. The molecule has 152 valence electrons. The van der Waals surface area contributed by atoms with Crippen molar-refractivity contribution in [3.63, 3.8) is 0 Å². The Hall–Kier alpha value is -3.02. The minimum absolute atomic E-state index is 0.0444. The number of carbonyl (C=O) groups excluding carboxylic acids is 1. The molecule has 6 nitrogen and oxygen atoms in total. The van der Waals surface area contributed by atoms with Crippen molar-refractivity contribution in [2.45, 2.75) is 38.6 Å². The van der Waals surface area contributed by atoms with E-state index in [0.717, 1.165) is 46.7 Å². The SMILES string of the molecule is COc1ccc(C)cc1C(C)NC(=O)N1CCC(c2nc3ccccc3o2)CC1. The smallest absolute Gasteiger partial charge is 0.317 e. The minimum atomic E-state index is -0.132. The molecule has 29 heavy (non-hydrogen) atoms. The first-order valence-electron chi connectivity index (χ1n) is 10.1. The largest absolute Gasteiger partial charge is 0.496 e. The van der Waals surface area contributed by atoms with Crippen LogP contribution in [0.2, 0.25) is 0 Å². The number of benzene rings is 2. The molecule has 1 unspecified atom stereocenters. The lowest BCUT2D eigenvalue weighted by atomic mass is 9.97. The number of rotatable bonds is 4. The van der Waals surface area contributed by atoms with E-state index in [2.05, 4.69) is 16.4 Å². The Kier molecular flexibility index (Phi) is 5.43. The lowest BCUT2D eigenvalue weighted by molar-refractivity contribution is 0.174. The molecular formula is C23H27N3O3. The van der Waals surface area contributed by atoms with Gasteiger partial charge in [-0.1, -0.05) is 29.8 Å². The molecule has 1 aromatic heterocycles. The van der Waals surface area contributed by atoms with Crippen molar-refractivity contribution in [2.75, 3.05) is 20.2 Å². The highest BCUT2D eigenvalue weighted by Crippen LogP contribution is 2.30. The van der Waals surface area contributed by atoms with Gasteiger partial charge >= 0.3 is 6.03 Å². The maximum atomic E-state index is 12.8. The molecule has 1 fully saturated rings. The van der Waals surface area contributed by atoms with Gasteiger partial charge < -0.3 is 19.4 Å². The second-order valence-corrected chi connectivity index (χ2v) is 7.70. The van der Waals surface area contributed by atoms with E-state index in [-0.39, 0.29) is 18.0 Å². The van der Waals surface area contributed by atoms with E-state index in [1.807, 2.05) is 55.1 Å². The first-order valence-corrected chi connectivity index (χ1v) is 10.1. The summed E-state index contributed by atoms with van der Waals surface area (Å²) in [7, 11) is 1.65. The van der Waals surface area contributed by atoms with E-state index in [1.54, 1.807) is 7.11 Å². The molecule has 1 atom stereocenters. The first kappa shape index (κ1) is 19.3. The zero-order chi connectivity index (χ0) is 20.4. The fourth-order valence-corrected chi connectivity index (χ4v) is 3.94. The zero-order valence-corrected chi connectivity index (χ0v) is 17.1. The maximum absolute atomic E-state index is 12.8. The van der Waals surface area contributed by atoms with Crippen molar-refractivity contribution >= 4 is 17.1 Å². The molecule has 6 heteroatoms. The van der Waals surface area contributed by atoms with Crippen molar-refractivity contribution in [3.8, 4) is 5.75 Å². The molecule has 1 aliphatic heterocycles. The highest BCUT2D eigenvalue weighted by Gasteiger charge is 2.28. The monoisotopic (exact) mass is 393 g/mol. The van der Waals surface area contributed by atoms with Gasteiger partial charge in [-0.15, -0.1) is 0 Å². The molecule has 2 aromatic carbocycles. The van der Waals surface area contributed by atoms with E-state index in [1.165, 1.54) is 0 Å². The molecule has 0 radical (unpaired) electrons. The van der Waals surface area contributed by atoms with E-state index < -0.39 is 0 Å². The van der Waals surface area contributed by atoms with Crippen molar-refractivity contribution in [2.24, 2.45) is 0 Å². The first-order chi connectivity index (χ1) is 14.0. The van der Waals surface area contributed by atoms with Crippen LogP contribution in [0.1, 0.15) is 48.7 Å². The van der Waals surface area contributed by atoms with Crippen LogP contribution in [0.15, 0.2) is 46.9 Å². The third kappa shape index (κ3) is 4.06. The van der Waals surface area contributed by atoms with Gasteiger partial charge in [0.15, 0.2) is 11.5 Å². The Bertz CT molecular complexity index is 973. The van der Waals surface area contributed by atoms with Crippen LogP contribution in [0.25, 0.3) is 11.1 Å². The second kappa shape index (κ2) is 8.15. The van der Waals surface area contributed by atoms with Crippen LogP contribution in [-0.4, -0.2) is 36.1 Å². The molecule has 0 aliphatic carbocycles. The van der Waals surface area contributed by atoms with Crippen LogP contribution in [0.4, 0.5) is 4.79 Å². The zero-order valence-electron chi connectivity index (χ0n) is 17.1. The summed E-state index contributed by atoms with van der Waals surface area (Å²) in [6, 6.07) is 13.7. The van der Waals surface area contributed by atoms with Gasteiger partial charge in [0, 0.05) is 24.6 Å². The van der Waals surface area contributed by atoms with Crippen LogP contribution in [-0.2, 0) is 0 Å². The molecule has 1 aliphatic rings. The van der Waals surface area contributed by atoms with Gasteiger partial charge in [0.25, 0.3) is 0 Å². The summed E-state index contributed by atoms with van der Waals surface area (Å²) in [5, 5.41) is 3.11. The Morgan fingerprint density at radius 2 is 2.00 bits per heavy atom. The number of methoxy groups -OCH3 is 1. The molecule has 0 saturated carbocycles. The molecule has 4 rings (SSSR count). The summed E-state index contributed by atoms with van der Waals surface area (Å²) >= 11 is 0. The van der Waals surface area contributed by atoms with Gasteiger partial charge in [-0.05, 0) is 44.9 Å². The number of nitrogens with zero attached hydrogens (tertiary/aromatic N) is 2. The van der Waals surface area contributed by atoms with Gasteiger partial charge in [0.05, 0.1) is 13.2 Å². The summed E-state index contributed by atoms with van der Waals surface area (Å²) in [4.78, 5) is 19.3. The number of piperidine rings is 1. The predicted octanol–water partition coefficient (Wildman–Crippen LogP) is 4.80. The third-order valence-electron chi connectivity index (χ3n) is 5.63. The number of aryl methyl sites for hydroxylation is 1. The molecule has 0 bridgehead atoms. The minimum Gasteiger partial charge on any atom is -0.496 e. The van der Waals surface area contributed by atoms with Crippen LogP contribution in [0.5, 0.6) is 5.75 Å². The second-order valence-electron chi connectivity index (χ2n) is 7.70. The number of nitrogens with one attached hydrogen (secondary N) is 1. The Morgan fingerprint density at radius 1 is 1.24 bits per heavy atom.